The van der Waals surface area contributed by atoms with Gasteiger partial charge in [0.1, 0.15) is 10.6 Å². The number of ether oxygens (including phenoxy) is 2. The second kappa shape index (κ2) is 7.76. The van der Waals surface area contributed by atoms with Crippen molar-refractivity contribution in [3.05, 3.63) is 52.4 Å². The number of amides is 1. The molecule has 0 atom stereocenters. The lowest BCUT2D eigenvalue weighted by Crippen LogP contribution is -2.36. The third-order valence-corrected chi connectivity index (χ3v) is 6.20. The maximum Gasteiger partial charge on any atom is 0.267 e. The molecule has 1 N–H and O–H groups in total. The number of methoxy groups -OCH3 is 1. The molecule has 2 heterocycles. The van der Waals surface area contributed by atoms with Crippen molar-refractivity contribution in [2.45, 2.75) is 0 Å². The van der Waals surface area contributed by atoms with E-state index in [0.29, 0.717) is 9.90 Å². The topological polar surface area (TPSA) is 50.8 Å². The second-order valence-electron chi connectivity index (χ2n) is 6.21. The molecule has 0 unspecified atom stereocenters. The molecule has 27 heavy (non-hydrogen) atoms. The Kier molecular flexibility index (Phi) is 5.20. The van der Waals surface area contributed by atoms with Gasteiger partial charge >= 0.3 is 0 Å². The van der Waals surface area contributed by atoms with Crippen molar-refractivity contribution in [2.75, 3.05) is 43.6 Å². The predicted octanol–water partition coefficient (Wildman–Crippen LogP) is 4.65. The Bertz CT molecular complexity index is 965. The molecule has 0 spiro atoms. The quantitative estimate of drug-likeness (QED) is 0.690. The Hall–Kier alpha value is -2.28. The number of rotatable bonds is 4. The monoisotopic (exact) mass is 402 g/mol. The van der Waals surface area contributed by atoms with Gasteiger partial charge in [0.05, 0.1) is 25.3 Å². The molecule has 0 aliphatic carbocycles. The van der Waals surface area contributed by atoms with Gasteiger partial charge in [0, 0.05) is 34.6 Å². The molecule has 0 radical (unpaired) electrons. The van der Waals surface area contributed by atoms with Crippen molar-refractivity contribution in [3.63, 3.8) is 0 Å². The molecule has 1 amide bonds. The van der Waals surface area contributed by atoms with Crippen molar-refractivity contribution >= 4 is 50.3 Å². The van der Waals surface area contributed by atoms with Gasteiger partial charge in [-0.05, 0) is 42.5 Å². The average Bonchev–Trinajstić information content (AvgIpc) is 3.05. The molecule has 1 saturated heterocycles. The lowest BCUT2D eigenvalue weighted by atomic mass is 10.2. The Balaban J connectivity index is 1.51. The van der Waals surface area contributed by atoms with Crippen LogP contribution in [0.2, 0.25) is 5.02 Å². The Morgan fingerprint density at radius 2 is 1.93 bits per heavy atom. The Labute approximate surface area is 166 Å². The second-order valence-corrected chi connectivity index (χ2v) is 7.64. The van der Waals surface area contributed by atoms with Gasteiger partial charge in [-0.25, -0.2) is 0 Å². The van der Waals surface area contributed by atoms with Crippen LogP contribution in [0.15, 0.2) is 42.5 Å². The summed E-state index contributed by atoms with van der Waals surface area (Å²) in [6, 6.07) is 13.4. The Morgan fingerprint density at radius 1 is 1.19 bits per heavy atom. The first-order valence-electron chi connectivity index (χ1n) is 8.66. The number of nitrogens with zero attached hydrogens (tertiary/aromatic N) is 1. The summed E-state index contributed by atoms with van der Waals surface area (Å²) in [4.78, 5) is 15.5. The van der Waals surface area contributed by atoms with Crippen LogP contribution in [0.4, 0.5) is 11.4 Å². The molecule has 1 aliphatic rings. The first-order valence-corrected chi connectivity index (χ1v) is 9.85. The largest absolute Gasteiger partial charge is 0.497 e. The van der Waals surface area contributed by atoms with E-state index in [4.69, 9.17) is 21.1 Å². The molecular weight excluding hydrogens is 384 g/mol. The van der Waals surface area contributed by atoms with Gasteiger partial charge < -0.3 is 19.7 Å². The molecule has 0 saturated carbocycles. The van der Waals surface area contributed by atoms with Gasteiger partial charge in [0.2, 0.25) is 0 Å². The summed E-state index contributed by atoms with van der Waals surface area (Å²) in [6.07, 6.45) is 0. The van der Waals surface area contributed by atoms with Crippen molar-refractivity contribution in [2.24, 2.45) is 0 Å². The van der Waals surface area contributed by atoms with Crippen LogP contribution < -0.4 is 15.0 Å². The highest BCUT2D eigenvalue weighted by Gasteiger charge is 2.18. The van der Waals surface area contributed by atoms with Crippen LogP contribution in [-0.2, 0) is 4.74 Å². The number of halogens is 1. The number of carbonyl (C=O) groups excluding carboxylic acids is 1. The number of anilines is 2. The molecule has 5 nitrogen and oxygen atoms in total. The zero-order valence-electron chi connectivity index (χ0n) is 14.8. The molecule has 1 fully saturated rings. The van der Waals surface area contributed by atoms with E-state index >= 15 is 0 Å². The fraction of sp³-hybridized carbons (Fsp3) is 0.250. The third-order valence-electron chi connectivity index (χ3n) is 4.54. The zero-order valence-corrected chi connectivity index (χ0v) is 16.4. The average molecular weight is 403 g/mol. The van der Waals surface area contributed by atoms with E-state index in [1.807, 2.05) is 42.5 Å². The SMILES string of the molecule is COc1ccc2c(Cl)c(C(=O)Nc3ccc(N4CCOCC4)cc3)sc2c1. The van der Waals surface area contributed by atoms with Gasteiger partial charge in [0.15, 0.2) is 0 Å². The van der Waals surface area contributed by atoms with E-state index in [1.54, 1.807) is 7.11 Å². The van der Waals surface area contributed by atoms with E-state index in [-0.39, 0.29) is 5.91 Å². The first-order chi connectivity index (χ1) is 13.2. The minimum atomic E-state index is -0.209. The first kappa shape index (κ1) is 18.1. The predicted molar refractivity (Wildman–Crippen MR) is 111 cm³/mol. The van der Waals surface area contributed by atoms with Crippen LogP contribution in [0, 0.1) is 0 Å². The number of morpholine rings is 1. The summed E-state index contributed by atoms with van der Waals surface area (Å²) >= 11 is 7.79. The number of thiophene rings is 1. The molecular formula is C20H19ClN2O3S. The van der Waals surface area contributed by atoms with Gasteiger partial charge in [-0.1, -0.05) is 11.6 Å². The molecule has 0 bridgehead atoms. The highest BCUT2D eigenvalue weighted by atomic mass is 35.5. The summed E-state index contributed by atoms with van der Waals surface area (Å²) in [5.74, 6) is 0.533. The van der Waals surface area contributed by atoms with E-state index in [9.17, 15) is 4.79 Å². The number of hydrogen-bond donors (Lipinski definition) is 1. The smallest absolute Gasteiger partial charge is 0.267 e. The standard InChI is InChI=1S/C20H19ClN2O3S/c1-25-15-6-7-16-17(12-15)27-19(18(16)21)20(24)22-13-2-4-14(5-3-13)23-8-10-26-11-9-23/h2-7,12H,8-11H2,1H3,(H,22,24). The number of benzene rings is 2. The fourth-order valence-corrected chi connectivity index (χ4v) is 4.52. The summed E-state index contributed by atoms with van der Waals surface area (Å²) < 4.78 is 11.5. The van der Waals surface area contributed by atoms with Gasteiger partial charge in [-0.3, -0.25) is 4.79 Å². The van der Waals surface area contributed by atoms with Crippen molar-refractivity contribution in [1.82, 2.24) is 0 Å². The molecule has 2 aromatic carbocycles. The molecule has 4 rings (SSSR count). The number of fused-ring (bicyclic) bond motifs is 1. The van der Waals surface area contributed by atoms with Crippen LogP contribution in [0.3, 0.4) is 0 Å². The number of nitrogens with one attached hydrogen (secondary N) is 1. The molecule has 7 heteroatoms. The Morgan fingerprint density at radius 3 is 2.63 bits per heavy atom. The molecule has 1 aromatic heterocycles. The van der Waals surface area contributed by atoms with Crippen LogP contribution in [0.25, 0.3) is 10.1 Å². The van der Waals surface area contributed by atoms with Gasteiger partial charge in [-0.15, -0.1) is 11.3 Å². The maximum absolute atomic E-state index is 12.7. The normalized spacial score (nSPS) is 14.4. The van der Waals surface area contributed by atoms with Crippen molar-refractivity contribution < 1.29 is 14.3 Å². The van der Waals surface area contributed by atoms with Crippen LogP contribution >= 0.6 is 22.9 Å². The van der Waals surface area contributed by atoms with Crippen molar-refractivity contribution in [3.8, 4) is 5.75 Å². The maximum atomic E-state index is 12.7. The summed E-state index contributed by atoms with van der Waals surface area (Å²) in [7, 11) is 1.62. The highest BCUT2D eigenvalue weighted by molar-refractivity contribution is 7.21. The van der Waals surface area contributed by atoms with Crippen molar-refractivity contribution in [1.29, 1.82) is 0 Å². The van der Waals surface area contributed by atoms with Gasteiger partial charge in [0.25, 0.3) is 5.91 Å². The van der Waals surface area contributed by atoms with Crippen LogP contribution in [-0.4, -0.2) is 39.3 Å². The molecule has 3 aromatic rings. The van der Waals surface area contributed by atoms with Crippen LogP contribution in [0.1, 0.15) is 9.67 Å². The van der Waals surface area contributed by atoms with Crippen LogP contribution in [0.5, 0.6) is 5.75 Å². The number of carbonyl (C=O) groups is 1. The highest BCUT2D eigenvalue weighted by Crippen LogP contribution is 2.37. The number of hydrogen-bond acceptors (Lipinski definition) is 5. The molecule has 1 aliphatic heterocycles. The lowest BCUT2D eigenvalue weighted by molar-refractivity contribution is 0.103. The fourth-order valence-electron chi connectivity index (χ4n) is 3.08. The zero-order chi connectivity index (χ0) is 18.8. The summed E-state index contributed by atoms with van der Waals surface area (Å²) in [5, 5.41) is 4.26. The van der Waals surface area contributed by atoms with E-state index in [2.05, 4.69) is 10.2 Å². The summed E-state index contributed by atoms with van der Waals surface area (Å²) in [6.45, 7) is 3.25. The minimum absolute atomic E-state index is 0.209. The lowest BCUT2D eigenvalue weighted by Gasteiger charge is -2.28. The van der Waals surface area contributed by atoms with E-state index in [0.717, 1.165) is 53.5 Å². The summed E-state index contributed by atoms with van der Waals surface area (Å²) in [5.41, 5.74) is 1.87. The van der Waals surface area contributed by atoms with Gasteiger partial charge in [-0.2, -0.15) is 0 Å². The van der Waals surface area contributed by atoms with E-state index in [1.165, 1.54) is 11.3 Å². The minimum Gasteiger partial charge on any atom is -0.497 e. The van der Waals surface area contributed by atoms with E-state index < -0.39 is 0 Å². The molecule has 140 valence electrons. The third kappa shape index (κ3) is 3.74.